The van der Waals surface area contributed by atoms with Crippen LogP contribution in [0.15, 0.2) is 16.9 Å². The van der Waals surface area contributed by atoms with Gasteiger partial charge in [0.25, 0.3) is 0 Å². The van der Waals surface area contributed by atoms with Gasteiger partial charge in [0.1, 0.15) is 6.54 Å². The average molecular weight is 256 g/mol. The van der Waals surface area contributed by atoms with Crippen LogP contribution in [0.5, 0.6) is 0 Å². The van der Waals surface area contributed by atoms with Gasteiger partial charge in [-0.05, 0) is 15.9 Å². The average Bonchev–Trinajstić information content (AvgIpc) is 2.02. The molecule has 0 radical (unpaired) electrons. The fraction of sp³-hybridized carbons (Fsp3) is 0.333. The molecule has 0 amide bonds. The van der Waals surface area contributed by atoms with Gasteiger partial charge in [0, 0.05) is 12.4 Å². The molecular formula is C6H5BrF3N3. The lowest BCUT2D eigenvalue weighted by atomic mass is 10.6. The fourth-order valence-electron chi connectivity index (χ4n) is 0.583. The zero-order valence-electron chi connectivity index (χ0n) is 6.27. The second-order valence-corrected chi connectivity index (χ2v) is 3.11. The van der Waals surface area contributed by atoms with E-state index >= 15 is 0 Å². The molecule has 0 aliphatic heterocycles. The molecule has 0 saturated heterocycles. The number of hydrogen-bond acceptors (Lipinski definition) is 3. The van der Waals surface area contributed by atoms with E-state index in [1.54, 1.807) is 0 Å². The maximum absolute atomic E-state index is 11.7. The number of rotatable bonds is 2. The van der Waals surface area contributed by atoms with Crippen molar-refractivity contribution in [2.24, 2.45) is 0 Å². The number of aromatic nitrogens is 2. The maximum Gasteiger partial charge on any atom is 0.405 e. The quantitative estimate of drug-likeness (QED) is 0.881. The maximum atomic E-state index is 11.7. The highest BCUT2D eigenvalue weighted by Crippen LogP contribution is 2.14. The van der Waals surface area contributed by atoms with E-state index in [1.165, 1.54) is 12.4 Å². The first-order valence-electron chi connectivity index (χ1n) is 3.25. The molecule has 0 aliphatic rings. The van der Waals surface area contributed by atoms with E-state index in [2.05, 4.69) is 25.9 Å². The van der Waals surface area contributed by atoms with Crippen molar-refractivity contribution in [1.29, 1.82) is 0 Å². The number of alkyl halides is 3. The van der Waals surface area contributed by atoms with Crippen LogP contribution in [0.4, 0.5) is 19.1 Å². The van der Waals surface area contributed by atoms with Gasteiger partial charge in [0.15, 0.2) is 0 Å². The summed E-state index contributed by atoms with van der Waals surface area (Å²) in [5, 5.41) is 2.04. The topological polar surface area (TPSA) is 37.8 Å². The minimum atomic E-state index is -4.25. The molecule has 0 unspecified atom stereocenters. The standard InChI is InChI=1S/C6H5BrF3N3/c7-4-1-11-5(12-2-4)13-3-6(8,9)10/h1-2H,3H2,(H,11,12,13). The van der Waals surface area contributed by atoms with Crippen molar-refractivity contribution >= 4 is 21.9 Å². The Bertz CT molecular complexity index is 271. The molecule has 72 valence electrons. The van der Waals surface area contributed by atoms with Crippen LogP contribution in [0.25, 0.3) is 0 Å². The van der Waals surface area contributed by atoms with Crippen molar-refractivity contribution < 1.29 is 13.2 Å². The van der Waals surface area contributed by atoms with Crippen molar-refractivity contribution in [3.8, 4) is 0 Å². The molecule has 13 heavy (non-hydrogen) atoms. The number of hydrogen-bond donors (Lipinski definition) is 1. The van der Waals surface area contributed by atoms with Gasteiger partial charge in [-0.25, -0.2) is 9.97 Å². The molecule has 7 heteroatoms. The highest BCUT2D eigenvalue weighted by Gasteiger charge is 2.26. The molecule has 3 nitrogen and oxygen atoms in total. The molecule has 1 aromatic rings. The molecule has 0 fully saturated rings. The summed E-state index contributed by atoms with van der Waals surface area (Å²) in [4.78, 5) is 7.22. The van der Waals surface area contributed by atoms with E-state index in [9.17, 15) is 13.2 Å². The van der Waals surface area contributed by atoms with Crippen LogP contribution in [0.3, 0.4) is 0 Å². The van der Waals surface area contributed by atoms with Crippen LogP contribution in [-0.4, -0.2) is 22.7 Å². The molecule has 0 spiro atoms. The lowest BCUT2D eigenvalue weighted by Gasteiger charge is -2.07. The van der Waals surface area contributed by atoms with E-state index in [4.69, 9.17) is 0 Å². The summed E-state index contributed by atoms with van der Waals surface area (Å²) in [6, 6.07) is 0. The van der Waals surface area contributed by atoms with Gasteiger partial charge in [0.2, 0.25) is 5.95 Å². The summed E-state index contributed by atoms with van der Waals surface area (Å²) in [5.41, 5.74) is 0. The summed E-state index contributed by atoms with van der Waals surface area (Å²) < 4.78 is 35.7. The van der Waals surface area contributed by atoms with Gasteiger partial charge in [-0.1, -0.05) is 0 Å². The van der Waals surface area contributed by atoms with Crippen LogP contribution in [-0.2, 0) is 0 Å². The Kier molecular flexibility index (Phi) is 3.07. The molecular weight excluding hydrogens is 251 g/mol. The molecule has 0 saturated carbocycles. The first-order chi connectivity index (χ1) is 5.97. The van der Waals surface area contributed by atoms with Crippen molar-refractivity contribution in [3.05, 3.63) is 16.9 Å². The molecule has 0 aromatic carbocycles. The van der Waals surface area contributed by atoms with E-state index in [0.717, 1.165) is 0 Å². The van der Waals surface area contributed by atoms with Gasteiger partial charge >= 0.3 is 6.18 Å². The minimum Gasteiger partial charge on any atom is -0.345 e. The number of anilines is 1. The Morgan fingerprint density at radius 2 is 1.85 bits per heavy atom. The Morgan fingerprint density at radius 1 is 1.31 bits per heavy atom. The van der Waals surface area contributed by atoms with E-state index < -0.39 is 12.7 Å². The number of nitrogens with zero attached hydrogens (tertiary/aromatic N) is 2. The second-order valence-electron chi connectivity index (χ2n) is 2.19. The number of halogens is 4. The first kappa shape index (κ1) is 10.2. The Labute approximate surface area is 80.5 Å². The molecule has 1 rings (SSSR count). The van der Waals surface area contributed by atoms with Gasteiger partial charge in [0.05, 0.1) is 4.47 Å². The second kappa shape index (κ2) is 3.91. The van der Waals surface area contributed by atoms with Crippen LogP contribution >= 0.6 is 15.9 Å². The Morgan fingerprint density at radius 3 is 2.31 bits per heavy atom. The first-order valence-corrected chi connectivity index (χ1v) is 4.05. The van der Waals surface area contributed by atoms with Crippen molar-refractivity contribution in [2.45, 2.75) is 6.18 Å². The Hall–Kier alpha value is -0.850. The zero-order chi connectivity index (χ0) is 9.90. The van der Waals surface area contributed by atoms with Gasteiger partial charge in [-0.2, -0.15) is 13.2 Å². The molecule has 0 bridgehead atoms. The van der Waals surface area contributed by atoms with Crippen molar-refractivity contribution in [3.63, 3.8) is 0 Å². The lowest BCUT2D eigenvalue weighted by Crippen LogP contribution is -2.22. The monoisotopic (exact) mass is 255 g/mol. The molecule has 0 atom stereocenters. The van der Waals surface area contributed by atoms with E-state index in [-0.39, 0.29) is 5.95 Å². The van der Waals surface area contributed by atoms with E-state index in [0.29, 0.717) is 4.47 Å². The SMILES string of the molecule is FC(F)(F)CNc1ncc(Br)cn1. The zero-order valence-corrected chi connectivity index (χ0v) is 7.85. The lowest BCUT2D eigenvalue weighted by molar-refractivity contribution is -0.115. The van der Waals surface area contributed by atoms with Crippen molar-refractivity contribution in [1.82, 2.24) is 9.97 Å². The smallest absolute Gasteiger partial charge is 0.345 e. The predicted octanol–water partition coefficient (Wildman–Crippen LogP) is 2.21. The summed E-state index contributed by atoms with van der Waals surface area (Å²) in [6.07, 6.45) is -1.52. The molecule has 1 aromatic heterocycles. The fourth-order valence-corrected chi connectivity index (χ4v) is 0.788. The van der Waals surface area contributed by atoms with Gasteiger partial charge < -0.3 is 5.32 Å². The Balaban J connectivity index is 2.51. The third-order valence-corrected chi connectivity index (χ3v) is 1.48. The van der Waals surface area contributed by atoms with E-state index in [1.807, 2.05) is 5.32 Å². The van der Waals surface area contributed by atoms with Gasteiger partial charge in [-0.15, -0.1) is 0 Å². The third-order valence-electron chi connectivity index (χ3n) is 1.07. The minimum absolute atomic E-state index is 0.0412. The molecule has 1 heterocycles. The largest absolute Gasteiger partial charge is 0.405 e. The van der Waals surface area contributed by atoms with Crippen LogP contribution in [0.2, 0.25) is 0 Å². The summed E-state index contributed by atoms with van der Waals surface area (Å²) >= 11 is 3.06. The summed E-state index contributed by atoms with van der Waals surface area (Å²) in [6.45, 7) is -1.13. The predicted molar refractivity (Wildman–Crippen MR) is 44.3 cm³/mol. The van der Waals surface area contributed by atoms with Gasteiger partial charge in [-0.3, -0.25) is 0 Å². The summed E-state index contributed by atoms with van der Waals surface area (Å²) in [5.74, 6) is -0.0412. The van der Waals surface area contributed by atoms with Crippen LogP contribution in [0, 0.1) is 0 Å². The van der Waals surface area contributed by atoms with Crippen LogP contribution in [0.1, 0.15) is 0 Å². The summed E-state index contributed by atoms with van der Waals surface area (Å²) in [7, 11) is 0. The third kappa shape index (κ3) is 4.07. The van der Waals surface area contributed by atoms with Crippen molar-refractivity contribution in [2.75, 3.05) is 11.9 Å². The molecule has 0 aliphatic carbocycles. The molecule has 1 N–H and O–H groups in total. The number of nitrogens with one attached hydrogen (secondary N) is 1. The highest BCUT2D eigenvalue weighted by atomic mass is 79.9. The normalized spacial score (nSPS) is 11.4. The highest BCUT2D eigenvalue weighted by molar-refractivity contribution is 9.10. The van der Waals surface area contributed by atoms with Crippen LogP contribution < -0.4 is 5.32 Å².